The smallest absolute Gasteiger partial charge is 0.225 e. The van der Waals surface area contributed by atoms with Crippen molar-refractivity contribution in [1.82, 2.24) is 20.2 Å². The Balaban J connectivity index is 1.41. The van der Waals surface area contributed by atoms with Crippen LogP contribution in [0, 0.1) is 5.92 Å². The number of aromatic nitrogens is 2. The van der Waals surface area contributed by atoms with Crippen LogP contribution in [0.2, 0.25) is 0 Å². The molecule has 7 heteroatoms. The molecule has 2 amide bonds. The van der Waals surface area contributed by atoms with E-state index in [0.29, 0.717) is 32.1 Å². The molecule has 0 spiro atoms. The molecule has 1 aromatic heterocycles. The molecule has 0 unspecified atom stereocenters. The first-order valence-corrected chi connectivity index (χ1v) is 8.32. The van der Waals surface area contributed by atoms with Crippen molar-refractivity contribution < 1.29 is 9.59 Å². The second-order valence-corrected chi connectivity index (χ2v) is 5.95. The molecule has 0 saturated carbocycles. The summed E-state index contributed by atoms with van der Waals surface area (Å²) >= 11 is 0. The molecule has 1 aliphatic heterocycles. The minimum atomic E-state index is -0.288. The van der Waals surface area contributed by atoms with Crippen molar-refractivity contribution in [3.63, 3.8) is 0 Å². The lowest BCUT2D eigenvalue weighted by Gasteiger charge is -2.16. The Kier molecular flexibility index (Phi) is 5.56. The van der Waals surface area contributed by atoms with Crippen LogP contribution in [-0.2, 0) is 16.1 Å². The van der Waals surface area contributed by atoms with Gasteiger partial charge in [-0.2, -0.15) is 0 Å². The van der Waals surface area contributed by atoms with E-state index in [1.165, 1.54) is 0 Å². The predicted molar refractivity (Wildman–Crippen MR) is 93.5 cm³/mol. The lowest BCUT2D eigenvalue weighted by molar-refractivity contribution is -0.129. The van der Waals surface area contributed by atoms with Crippen LogP contribution in [-0.4, -0.2) is 46.3 Å². The fraction of sp³-hybridized carbons (Fsp3) is 0.333. The molecular formula is C18H21N5O2. The molecule has 1 saturated heterocycles. The highest BCUT2D eigenvalue weighted by Gasteiger charge is 2.33. The van der Waals surface area contributed by atoms with Crippen molar-refractivity contribution in [3.05, 3.63) is 54.4 Å². The van der Waals surface area contributed by atoms with E-state index in [1.54, 1.807) is 23.4 Å². The number of likely N-dealkylation sites (tertiary alicyclic amines) is 1. The number of amides is 2. The highest BCUT2D eigenvalue weighted by atomic mass is 16.2. The van der Waals surface area contributed by atoms with Gasteiger partial charge in [-0.25, -0.2) is 9.97 Å². The quantitative estimate of drug-likeness (QED) is 0.737. The van der Waals surface area contributed by atoms with Gasteiger partial charge in [0, 0.05) is 45.0 Å². The van der Waals surface area contributed by atoms with Crippen LogP contribution in [0.5, 0.6) is 0 Å². The Morgan fingerprint density at radius 2 is 1.88 bits per heavy atom. The SMILES string of the molecule is O=C(NCCNc1ncccn1)[C@@H]1CC(=O)N(Cc2ccccc2)C1. The summed E-state index contributed by atoms with van der Waals surface area (Å²) in [5.41, 5.74) is 1.07. The highest BCUT2D eigenvalue weighted by molar-refractivity contribution is 5.89. The summed E-state index contributed by atoms with van der Waals surface area (Å²) in [5.74, 6) is 0.186. The molecule has 2 aromatic rings. The second kappa shape index (κ2) is 8.23. The lowest BCUT2D eigenvalue weighted by Crippen LogP contribution is -2.35. The summed E-state index contributed by atoms with van der Waals surface area (Å²) in [5, 5.41) is 5.89. The molecule has 0 aliphatic carbocycles. The van der Waals surface area contributed by atoms with Gasteiger partial charge in [-0.3, -0.25) is 9.59 Å². The summed E-state index contributed by atoms with van der Waals surface area (Å²) in [6, 6.07) is 11.5. The first kappa shape index (κ1) is 16.9. The van der Waals surface area contributed by atoms with E-state index in [9.17, 15) is 9.59 Å². The van der Waals surface area contributed by atoms with Crippen molar-refractivity contribution in [2.24, 2.45) is 5.92 Å². The number of nitrogens with one attached hydrogen (secondary N) is 2. The Hall–Kier alpha value is -2.96. The molecule has 0 bridgehead atoms. The zero-order valence-electron chi connectivity index (χ0n) is 13.9. The van der Waals surface area contributed by atoms with Crippen LogP contribution < -0.4 is 10.6 Å². The Labute approximate surface area is 146 Å². The molecule has 1 fully saturated rings. The summed E-state index contributed by atoms with van der Waals surface area (Å²) in [7, 11) is 0. The van der Waals surface area contributed by atoms with Crippen molar-refractivity contribution in [1.29, 1.82) is 0 Å². The second-order valence-electron chi connectivity index (χ2n) is 5.95. The van der Waals surface area contributed by atoms with Gasteiger partial charge >= 0.3 is 0 Å². The van der Waals surface area contributed by atoms with Gasteiger partial charge in [0.1, 0.15) is 0 Å². The van der Waals surface area contributed by atoms with E-state index in [-0.39, 0.29) is 24.2 Å². The van der Waals surface area contributed by atoms with Gasteiger partial charge in [0.15, 0.2) is 0 Å². The van der Waals surface area contributed by atoms with Crippen molar-refractivity contribution >= 4 is 17.8 Å². The van der Waals surface area contributed by atoms with Crippen LogP contribution in [0.15, 0.2) is 48.8 Å². The van der Waals surface area contributed by atoms with Gasteiger partial charge in [0.2, 0.25) is 17.8 Å². The van der Waals surface area contributed by atoms with Crippen LogP contribution in [0.25, 0.3) is 0 Å². The molecule has 130 valence electrons. The monoisotopic (exact) mass is 339 g/mol. The predicted octanol–water partition coefficient (Wildman–Crippen LogP) is 1.05. The van der Waals surface area contributed by atoms with Crippen molar-refractivity contribution in [3.8, 4) is 0 Å². The topological polar surface area (TPSA) is 87.2 Å². The van der Waals surface area contributed by atoms with E-state index in [0.717, 1.165) is 5.56 Å². The molecule has 2 N–H and O–H groups in total. The number of carbonyl (C=O) groups is 2. The lowest BCUT2D eigenvalue weighted by atomic mass is 10.1. The maximum Gasteiger partial charge on any atom is 0.225 e. The third-order valence-corrected chi connectivity index (χ3v) is 4.07. The van der Waals surface area contributed by atoms with E-state index in [1.807, 2.05) is 30.3 Å². The third-order valence-electron chi connectivity index (χ3n) is 4.07. The maximum absolute atomic E-state index is 12.3. The van der Waals surface area contributed by atoms with Gasteiger partial charge in [0.05, 0.1) is 5.92 Å². The number of hydrogen-bond donors (Lipinski definition) is 2. The average Bonchev–Trinajstić information content (AvgIpc) is 3.01. The van der Waals surface area contributed by atoms with Crippen molar-refractivity contribution in [2.75, 3.05) is 25.0 Å². The van der Waals surface area contributed by atoms with Gasteiger partial charge in [0.25, 0.3) is 0 Å². The first-order chi connectivity index (χ1) is 12.2. The van der Waals surface area contributed by atoms with E-state index < -0.39 is 0 Å². The maximum atomic E-state index is 12.3. The summed E-state index contributed by atoms with van der Waals surface area (Å²) in [4.78, 5) is 34.2. The fourth-order valence-electron chi connectivity index (χ4n) is 2.80. The zero-order chi connectivity index (χ0) is 17.5. The number of rotatable bonds is 7. The van der Waals surface area contributed by atoms with Gasteiger partial charge in [-0.05, 0) is 11.6 Å². The van der Waals surface area contributed by atoms with Crippen LogP contribution in [0.1, 0.15) is 12.0 Å². The van der Waals surface area contributed by atoms with E-state index in [2.05, 4.69) is 20.6 Å². The van der Waals surface area contributed by atoms with Gasteiger partial charge < -0.3 is 15.5 Å². The molecule has 1 atom stereocenters. The largest absolute Gasteiger partial charge is 0.354 e. The molecular weight excluding hydrogens is 318 g/mol. The number of carbonyl (C=O) groups excluding carboxylic acids is 2. The zero-order valence-corrected chi connectivity index (χ0v) is 13.9. The molecule has 3 rings (SSSR count). The number of hydrogen-bond acceptors (Lipinski definition) is 5. The number of nitrogens with zero attached hydrogens (tertiary/aromatic N) is 3. The normalized spacial score (nSPS) is 16.7. The molecule has 7 nitrogen and oxygen atoms in total. The molecule has 25 heavy (non-hydrogen) atoms. The Morgan fingerprint density at radius 3 is 2.64 bits per heavy atom. The average molecular weight is 339 g/mol. The third kappa shape index (κ3) is 4.76. The standard InChI is InChI=1S/C18H21N5O2/c24-16-11-15(13-23(16)12-14-5-2-1-3-6-14)17(25)19-9-10-22-18-20-7-4-8-21-18/h1-8,15H,9-13H2,(H,19,25)(H,20,21,22)/t15-/m1/s1. The summed E-state index contributed by atoms with van der Waals surface area (Å²) in [6.45, 7) is 2.01. The van der Waals surface area contributed by atoms with Crippen LogP contribution in [0.3, 0.4) is 0 Å². The van der Waals surface area contributed by atoms with Gasteiger partial charge in [-0.15, -0.1) is 0 Å². The number of anilines is 1. The van der Waals surface area contributed by atoms with Gasteiger partial charge in [-0.1, -0.05) is 30.3 Å². The molecule has 1 aromatic carbocycles. The minimum absolute atomic E-state index is 0.0276. The first-order valence-electron chi connectivity index (χ1n) is 8.32. The summed E-state index contributed by atoms with van der Waals surface area (Å²) < 4.78 is 0. The van der Waals surface area contributed by atoms with Crippen LogP contribution in [0.4, 0.5) is 5.95 Å². The van der Waals surface area contributed by atoms with Crippen LogP contribution >= 0.6 is 0 Å². The minimum Gasteiger partial charge on any atom is -0.354 e. The molecule has 1 aliphatic rings. The van der Waals surface area contributed by atoms with E-state index in [4.69, 9.17) is 0 Å². The Morgan fingerprint density at radius 1 is 1.12 bits per heavy atom. The number of benzene rings is 1. The van der Waals surface area contributed by atoms with E-state index >= 15 is 0 Å². The molecule has 2 heterocycles. The summed E-state index contributed by atoms with van der Waals surface area (Å²) in [6.07, 6.45) is 3.58. The highest BCUT2D eigenvalue weighted by Crippen LogP contribution is 2.20. The van der Waals surface area contributed by atoms with Crippen molar-refractivity contribution in [2.45, 2.75) is 13.0 Å². The molecule has 0 radical (unpaired) electrons. The fourth-order valence-corrected chi connectivity index (χ4v) is 2.80. The Bertz CT molecular complexity index is 708.